The summed E-state index contributed by atoms with van der Waals surface area (Å²) in [6, 6.07) is 9.93. The summed E-state index contributed by atoms with van der Waals surface area (Å²) in [6.07, 6.45) is -0.0838. The van der Waals surface area contributed by atoms with Crippen LogP contribution in [0.1, 0.15) is 29.2 Å². The second-order valence-electron chi connectivity index (χ2n) is 4.71. The fourth-order valence-electron chi connectivity index (χ4n) is 2.47. The van der Waals surface area contributed by atoms with Crippen LogP contribution < -0.4 is 5.56 Å². The molecule has 0 saturated heterocycles. The van der Waals surface area contributed by atoms with Gasteiger partial charge >= 0.3 is 0 Å². The maximum Gasteiger partial charge on any atom is 0.268 e. The molecule has 0 fully saturated rings. The van der Waals surface area contributed by atoms with Crippen LogP contribution in [0, 0.1) is 41.3 Å². The third-order valence-corrected chi connectivity index (χ3v) is 3.44. The van der Waals surface area contributed by atoms with Gasteiger partial charge < -0.3 is 5.10 Å². The third kappa shape index (κ3) is 2.70. The van der Waals surface area contributed by atoms with Gasteiger partial charge in [-0.15, -0.1) is 0 Å². The highest BCUT2D eigenvalue weighted by Crippen LogP contribution is 2.34. The first-order chi connectivity index (χ1) is 10.1. The van der Waals surface area contributed by atoms with E-state index in [0.717, 1.165) is 0 Å². The van der Waals surface area contributed by atoms with Gasteiger partial charge in [-0.25, -0.2) is 4.39 Å². The molecule has 2 aromatic rings. The molecule has 21 heavy (non-hydrogen) atoms. The Morgan fingerprint density at radius 3 is 2.52 bits per heavy atom. The van der Waals surface area contributed by atoms with E-state index in [1.165, 1.54) is 18.2 Å². The van der Waals surface area contributed by atoms with E-state index in [9.17, 15) is 14.4 Å². The summed E-state index contributed by atoms with van der Waals surface area (Å²) < 4.78 is 14.1. The maximum absolute atomic E-state index is 14.1. The van der Waals surface area contributed by atoms with Crippen molar-refractivity contribution in [3.05, 3.63) is 57.3 Å². The van der Waals surface area contributed by atoms with Gasteiger partial charge in [-0.3, -0.25) is 9.89 Å². The van der Waals surface area contributed by atoms with Crippen molar-refractivity contribution in [1.82, 2.24) is 10.2 Å². The molecule has 0 saturated carbocycles. The van der Waals surface area contributed by atoms with E-state index >= 15 is 0 Å². The van der Waals surface area contributed by atoms with E-state index in [-0.39, 0.29) is 12.0 Å². The zero-order valence-electron chi connectivity index (χ0n) is 11.4. The molecule has 0 spiro atoms. The first kappa shape index (κ1) is 14.5. The van der Waals surface area contributed by atoms with E-state index < -0.39 is 23.2 Å². The van der Waals surface area contributed by atoms with Gasteiger partial charge in [0.25, 0.3) is 5.56 Å². The molecule has 2 rings (SSSR count). The number of hydrogen-bond acceptors (Lipinski definition) is 3. The van der Waals surface area contributed by atoms with Crippen molar-refractivity contribution in [2.75, 3.05) is 0 Å². The first-order valence-corrected chi connectivity index (χ1v) is 6.38. The third-order valence-electron chi connectivity index (χ3n) is 3.44. The topological polar surface area (TPSA) is 96.2 Å². The lowest BCUT2D eigenvalue weighted by Gasteiger charge is -2.20. The average Bonchev–Trinajstić information content (AvgIpc) is 2.80. The Bertz CT molecular complexity index is 778. The SMILES string of the molecule is Cc1[nH][nH]c(=O)c1[C@@H](c1ccccc1F)[C@@H](C#N)CC#N. The fourth-order valence-corrected chi connectivity index (χ4v) is 2.47. The van der Waals surface area contributed by atoms with Crippen molar-refractivity contribution >= 4 is 0 Å². The van der Waals surface area contributed by atoms with E-state index in [1.54, 1.807) is 13.0 Å². The van der Waals surface area contributed by atoms with Crippen LogP contribution in [0.3, 0.4) is 0 Å². The second-order valence-corrected chi connectivity index (χ2v) is 4.71. The van der Waals surface area contributed by atoms with Gasteiger partial charge in [-0.2, -0.15) is 10.5 Å². The van der Waals surface area contributed by atoms with Crippen LogP contribution >= 0.6 is 0 Å². The number of aryl methyl sites for hydroxylation is 1. The molecule has 0 aliphatic heterocycles. The molecule has 6 heteroatoms. The van der Waals surface area contributed by atoms with Gasteiger partial charge in [-0.05, 0) is 18.6 Å². The fraction of sp³-hybridized carbons (Fsp3) is 0.267. The lowest BCUT2D eigenvalue weighted by Crippen LogP contribution is -2.21. The minimum atomic E-state index is -0.803. The average molecular weight is 284 g/mol. The predicted molar refractivity (Wildman–Crippen MR) is 73.7 cm³/mol. The van der Waals surface area contributed by atoms with Crippen LogP contribution in [0.15, 0.2) is 29.1 Å². The Morgan fingerprint density at radius 1 is 1.29 bits per heavy atom. The van der Waals surface area contributed by atoms with Gasteiger partial charge in [0, 0.05) is 17.2 Å². The monoisotopic (exact) mass is 284 g/mol. The summed E-state index contributed by atoms with van der Waals surface area (Å²) in [6.45, 7) is 1.67. The number of hydrogen-bond donors (Lipinski definition) is 2. The highest BCUT2D eigenvalue weighted by atomic mass is 19.1. The largest absolute Gasteiger partial charge is 0.302 e. The molecular formula is C15H13FN4O. The van der Waals surface area contributed by atoms with Crippen LogP contribution in [-0.4, -0.2) is 10.2 Å². The van der Waals surface area contributed by atoms with Crippen LogP contribution in [0.4, 0.5) is 4.39 Å². The minimum Gasteiger partial charge on any atom is -0.302 e. The molecule has 2 atom stereocenters. The molecule has 1 heterocycles. The van der Waals surface area contributed by atoms with Crippen molar-refractivity contribution in [2.45, 2.75) is 19.3 Å². The summed E-state index contributed by atoms with van der Waals surface area (Å²) in [5, 5.41) is 23.3. The second kappa shape index (κ2) is 6.06. The summed E-state index contributed by atoms with van der Waals surface area (Å²) in [7, 11) is 0. The number of aromatic amines is 2. The smallest absolute Gasteiger partial charge is 0.268 e. The maximum atomic E-state index is 14.1. The molecule has 1 aromatic heterocycles. The first-order valence-electron chi connectivity index (χ1n) is 6.38. The van der Waals surface area contributed by atoms with Crippen molar-refractivity contribution in [1.29, 1.82) is 10.5 Å². The number of nitrogens with one attached hydrogen (secondary N) is 2. The van der Waals surface area contributed by atoms with Crippen LogP contribution in [-0.2, 0) is 0 Å². The number of rotatable bonds is 4. The zero-order chi connectivity index (χ0) is 15.4. The number of aromatic nitrogens is 2. The molecule has 5 nitrogen and oxygen atoms in total. The van der Waals surface area contributed by atoms with Gasteiger partial charge in [0.15, 0.2) is 0 Å². The molecule has 0 aliphatic carbocycles. The Morgan fingerprint density at radius 2 is 2.00 bits per heavy atom. The van der Waals surface area contributed by atoms with Crippen molar-refractivity contribution in [3.8, 4) is 12.1 Å². The summed E-state index contributed by atoms with van der Waals surface area (Å²) in [5.74, 6) is -2.09. The quantitative estimate of drug-likeness (QED) is 0.901. The van der Waals surface area contributed by atoms with Crippen molar-refractivity contribution in [2.24, 2.45) is 5.92 Å². The molecule has 0 radical (unpaired) electrons. The van der Waals surface area contributed by atoms with Gasteiger partial charge in [0.1, 0.15) is 5.82 Å². The number of benzene rings is 1. The minimum absolute atomic E-state index is 0.0838. The summed E-state index contributed by atoms with van der Waals surface area (Å²) >= 11 is 0. The lowest BCUT2D eigenvalue weighted by molar-refractivity contribution is 0.540. The zero-order valence-corrected chi connectivity index (χ0v) is 11.4. The van der Waals surface area contributed by atoms with E-state index in [0.29, 0.717) is 11.3 Å². The Balaban J connectivity index is 2.67. The molecule has 0 unspecified atom stereocenters. The number of halogens is 1. The summed E-state index contributed by atoms with van der Waals surface area (Å²) in [5.41, 5.74) is 0.666. The number of nitriles is 2. The Hall–Kier alpha value is -2.86. The molecule has 0 aliphatic rings. The molecule has 1 aromatic carbocycles. The highest BCUT2D eigenvalue weighted by molar-refractivity contribution is 5.37. The molecule has 0 bridgehead atoms. The Labute approximate surface area is 120 Å². The van der Waals surface area contributed by atoms with E-state index in [4.69, 9.17) is 5.26 Å². The standard InChI is InChI=1S/C15H13FN4O/c1-9-13(15(21)20-19-9)14(10(8-18)6-7-17)11-4-2-3-5-12(11)16/h2-5,10,14H,6H2,1H3,(H2,19,20,21)/t10-,14-/m1/s1. The predicted octanol–water partition coefficient (Wildman–Crippen LogP) is 2.34. The number of nitrogens with zero attached hydrogens (tertiary/aromatic N) is 2. The van der Waals surface area contributed by atoms with Gasteiger partial charge in [-0.1, -0.05) is 18.2 Å². The van der Waals surface area contributed by atoms with Crippen molar-refractivity contribution in [3.63, 3.8) is 0 Å². The van der Waals surface area contributed by atoms with Crippen LogP contribution in [0.2, 0.25) is 0 Å². The molecule has 2 N–H and O–H groups in total. The van der Waals surface area contributed by atoms with Crippen LogP contribution in [0.25, 0.3) is 0 Å². The number of H-pyrrole nitrogens is 2. The normalized spacial score (nSPS) is 13.1. The van der Waals surface area contributed by atoms with Crippen molar-refractivity contribution < 1.29 is 4.39 Å². The van der Waals surface area contributed by atoms with Gasteiger partial charge in [0.2, 0.25) is 0 Å². The lowest BCUT2D eigenvalue weighted by atomic mass is 9.80. The molecular weight excluding hydrogens is 271 g/mol. The van der Waals surface area contributed by atoms with Gasteiger partial charge in [0.05, 0.1) is 24.5 Å². The Kier molecular flexibility index (Phi) is 4.20. The molecule has 106 valence electrons. The summed E-state index contributed by atoms with van der Waals surface area (Å²) in [4.78, 5) is 12.0. The van der Waals surface area contributed by atoms with E-state index in [2.05, 4.69) is 10.2 Å². The van der Waals surface area contributed by atoms with Crippen LogP contribution in [0.5, 0.6) is 0 Å². The molecule has 0 amide bonds. The highest BCUT2D eigenvalue weighted by Gasteiger charge is 2.31. The van der Waals surface area contributed by atoms with E-state index in [1.807, 2.05) is 12.1 Å².